The van der Waals surface area contributed by atoms with Crippen LogP contribution in [0.15, 0.2) is 72.8 Å². The monoisotopic (exact) mass is 289 g/mol. The first kappa shape index (κ1) is 14.3. The van der Waals surface area contributed by atoms with Gasteiger partial charge in [0.05, 0.1) is 5.41 Å². The van der Waals surface area contributed by atoms with Crippen molar-refractivity contribution in [3.8, 4) is 0 Å². The number of carbonyl (C=O) groups excluding carboxylic acids is 1. The van der Waals surface area contributed by atoms with Crippen LogP contribution in [0.25, 0.3) is 10.8 Å². The zero-order valence-electron chi connectivity index (χ0n) is 12.8. The summed E-state index contributed by atoms with van der Waals surface area (Å²) < 4.78 is 0. The average molecular weight is 289 g/mol. The van der Waals surface area contributed by atoms with E-state index in [2.05, 4.69) is 5.32 Å². The summed E-state index contributed by atoms with van der Waals surface area (Å²) in [6, 6.07) is 23.9. The Morgan fingerprint density at radius 3 is 2.23 bits per heavy atom. The summed E-state index contributed by atoms with van der Waals surface area (Å²) >= 11 is 0. The van der Waals surface area contributed by atoms with Crippen molar-refractivity contribution in [2.75, 3.05) is 5.32 Å². The minimum absolute atomic E-state index is 0.00458. The lowest BCUT2D eigenvalue weighted by atomic mass is 9.83. The van der Waals surface area contributed by atoms with Gasteiger partial charge in [0.2, 0.25) is 5.91 Å². The molecule has 22 heavy (non-hydrogen) atoms. The van der Waals surface area contributed by atoms with E-state index >= 15 is 0 Å². The molecule has 0 atom stereocenters. The SMILES string of the molecule is CC(C)(C(=O)Nc1cccc2ccccc12)c1ccccc1. The number of benzene rings is 3. The van der Waals surface area contributed by atoms with Gasteiger partial charge in [-0.1, -0.05) is 66.7 Å². The number of rotatable bonds is 3. The van der Waals surface area contributed by atoms with Crippen molar-refractivity contribution in [1.29, 1.82) is 0 Å². The van der Waals surface area contributed by atoms with Crippen molar-refractivity contribution < 1.29 is 4.79 Å². The zero-order valence-corrected chi connectivity index (χ0v) is 12.8. The summed E-state index contributed by atoms with van der Waals surface area (Å²) in [5.74, 6) is -0.00458. The lowest BCUT2D eigenvalue weighted by Gasteiger charge is -2.24. The second-order valence-corrected chi connectivity index (χ2v) is 5.97. The van der Waals surface area contributed by atoms with Crippen LogP contribution in [0.1, 0.15) is 19.4 Å². The molecule has 0 unspecified atom stereocenters. The Morgan fingerprint density at radius 2 is 1.45 bits per heavy atom. The van der Waals surface area contributed by atoms with Gasteiger partial charge < -0.3 is 5.32 Å². The van der Waals surface area contributed by atoms with E-state index < -0.39 is 5.41 Å². The molecule has 0 heterocycles. The van der Waals surface area contributed by atoms with Crippen molar-refractivity contribution in [3.63, 3.8) is 0 Å². The van der Waals surface area contributed by atoms with Crippen molar-refractivity contribution in [2.24, 2.45) is 0 Å². The first-order chi connectivity index (χ1) is 10.6. The van der Waals surface area contributed by atoms with Crippen LogP contribution in [0.5, 0.6) is 0 Å². The third-order valence-corrected chi connectivity index (χ3v) is 4.10. The molecule has 3 aromatic carbocycles. The Morgan fingerprint density at radius 1 is 0.818 bits per heavy atom. The number of hydrogen-bond donors (Lipinski definition) is 1. The molecule has 0 fully saturated rings. The minimum Gasteiger partial charge on any atom is -0.325 e. The molecular formula is C20H19NO. The van der Waals surface area contributed by atoms with Crippen LogP contribution in [0.2, 0.25) is 0 Å². The summed E-state index contributed by atoms with van der Waals surface area (Å²) in [5, 5.41) is 5.27. The van der Waals surface area contributed by atoms with Gasteiger partial charge in [0.25, 0.3) is 0 Å². The van der Waals surface area contributed by atoms with E-state index in [4.69, 9.17) is 0 Å². The highest BCUT2D eigenvalue weighted by Crippen LogP contribution is 2.28. The van der Waals surface area contributed by atoms with E-state index in [1.54, 1.807) is 0 Å². The maximum Gasteiger partial charge on any atom is 0.234 e. The molecule has 2 nitrogen and oxygen atoms in total. The highest BCUT2D eigenvalue weighted by Gasteiger charge is 2.29. The van der Waals surface area contributed by atoms with Gasteiger partial charge in [0.15, 0.2) is 0 Å². The topological polar surface area (TPSA) is 29.1 Å². The highest BCUT2D eigenvalue weighted by molar-refractivity contribution is 6.05. The molecule has 0 saturated carbocycles. The molecule has 0 radical (unpaired) electrons. The van der Waals surface area contributed by atoms with E-state index in [-0.39, 0.29) is 5.91 Å². The Bertz CT molecular complexity index is 801. The zero-order chi connectivity index (χ0) is 15.6. The summed E-state index contributed by atoms with van der Waals surface area (Å²) in [5.41, 5.74) is 1.28. The number of nitrogens with one attached hydrogen (secondary N) is 1. The van der Waals surface area contributed by atoms with E-state index in [0.29, 0.717) is 0 Å². The fraction of sp³-hybridized carbons (Fsp3) is 0.150. The van der Waals surface area contributed by atoms with Crippen molar-refractivity contribution in [1.82, 2.24) is 0 Å². The Kier molecular flexibility index (Phi) is 3.68. The van der Waals surface area contributed by atoms with Gasteiger partial charge in [-0.15, -0.1) is 0 Å². The Labute approximate surface area is 130 Å². The van der Waals surface area contributed by atoms with Crippen LogP contribution in [-0.2, 0) is 10.2 Å². The predicted molar refractivity (Wildman–Crippen MR) is 92.0 cm³/mol. The smallest absolute Gasteiger partial charge is 0.234 e. The van der Waals surface area contributed by atoms with E-state index in [9.17, 15) is 4.79 Å². The normalized spacial score (nSPS) is 11.4. The quantitative estimate of drug-likeness (QED) is 0.740. The fourth-order valence-corrected chi connectivity index (χ4v) is 2.60. The maximum atomic E-state index is 12.8. The van der Waals surface area contributed by atoms with Gasteiger partial charge in [-0.3, -0.25) is 4.79 Å². The highest BCUT2D eigenvalue weighted by atomic mass is 16.2. The number of anilines is 1. The Balaban J connectivity index is 1.93. The van der Waals surface area contributed by atoms with Crippen LogP contribution >= 0.6 is 0 Å². The summed E-state index contributed by atoms with van der Waals surface area (Å²) in [6.07, 6.45) is 0. The Hall–Kier alpha value is -2.61. The molecule has 0 aliphatic carbocycles. The maximum absolute atomic E-state index is 12.8. The molecule has 1 amide bonds. The van der Waals surface area contributed by atoms with Crippen molar-refractivity contribution in [2.45, 2.75) is 19.3 Å². The minimum atomic E-state index is -0.585. The third kappa shape index (κ3) is 2.60. The van der Waals surface area contributed by atoms with Crippen LogP contribution in [0.4, 0.5) is 5.69 Å². The molecule has 0 bridgehead atoms. The van der Waals surface area contributed by atoms with Crippen LogP contribution < -0.4 is 5.32 Å². The molecule has 0 aromatic heterocycles. The van der Waals surface area contributed by atoms with Crippen molar-refractivity contribution >= 4 is 22.4 Å². The van der Waals surface area contributed by atoms with Crippen LogP contribution in [0, 0.1) is 0 Å². The standard InChI is InChI=1S/C20H19NO/c1-20(2,16-11-4-3-5-12-16)19(22)21-18-14-8-10-15-9-6-7-13-17(15)18/h3-14H,1-2H3,(H,21,22). The lowest BCUT2D eigenvalue weighted by molar-refractivity contribution is -0.120. The average Bonchev–Trinajstić information content (AvgIpc) is 2.56. The second kappa shape index (κ2) is 5.64. The molecule has 0 spiro atoms. The molecule has 2 heteroatoms. The molecule has 3 aromatic rings. The molecular weight excluding hydrogens is 270 g/mol. The molecule has 1 N–H and O–H groups in total. The summed E-state index contributed by atoms with van der Waals surface area (Å²) in [6.45, 7) is 3.89. The third-order valence-electron chi connectivity index (χ3n) is 4.10. The number of hydrogen-bond acceptors (Lipinski definition) is 1. The van der Waals surface area contributed by atoms with Gasteiger partial charge in [-0.05, 0) is 30.9 Å². The first-order valence-corrected chi connectivity index (χ1v) is 7.44. The van der Waals surface area contributed by atoms with E-state index in [1.165, 1.54) is 0 Å². The number of carbonyl (C=O) groups is 1. The summed E-state index contributed by atoms with van der Waals surface area (Å²) in [7, 11) is 0. The molecule has 110 valence electrons. The largest absolute Gasteiger partial charge is 0.325 e. The number of fused-ring (bicyclic) bond motifs is 1. The van der Waals surface area contributed by atoms with Crippen molar-refractivity contribution in [3.05, 3.63) is 78.4 Å². The van der Waals surface area contributed by atoms with Gasteiger partial charge in [-0.2, -0.15) is 0 Å². The van der Waals surface area contributed by atoms with Crippen LogP contribution in [0.3, 0.4) is 0 Å². The van der Waals surface area contributed by atoms with Gasteiger partial charge >= 0.3 is 0 Å². The molecule has 0 saturated heterocycles. The predicted octanol–water partition coefficient (Wildman–Crippen LogP) is 4.76. The van der Waals surface area contributed by atoms with E-state index in [1.807, 2.05) is 86.6 Å². The van der Waals surface area contributed by atoms with Gasteiger partial charge in [0, 0.05) is 11.1 Å². The second-order valence-electron chi connectivity index (χ2n) is 5.97. The van der Waals surface area contributed by atoms with Gasteiger partial charge in [-0.25, -0.2) is 0 Å². The number of amides is 1. The van der Waals surface area contributed by atoms with Crippen LogP contribution in [-0.4, -0.2) is 5.91 Å². The van der Waals surface area contributed by atoms with Gasteiger partial charge in [0.1, 0.15) is 0 Å². The fourth-order valence-electron chi connectivity index (χ4n) is 2.60. The van der Waals surface area contributed by atoms with E-state index in [0.717, 1.165) is 22.0 Å². The molecule has 0 aliphatic heterocycles. The first-order valence-electron chi connectivity index (χ1n) is 7.44. The summed E-state index contributed by atoms with van der Waals surface area (Å²) in [4.78, 5) is 12.8. The molecule has 0 aliphatic rings. The lowest BCUT2D eigenvalue weighted by Crippen LogP contribution is -2.34. The molecule has 3 rings (SSSR count).